The average Bonchev–Trinajstić information content (AvgIpc) is 2.78. The highest BCUT2D eigenvalue weighted by Crippen LogP contribution is 2.21. The Morgan fingerprint density at radius 3 is 2.67 bits per heavy atom. The molecular weight excluding hydrogens is 285 g/mol. The summed E-state index contributed by atoms with van der Waals surface area (Å²) in [6, 6.07) is 6.83. The van der Waals surface area contributed by atoms with E-state index in [1.54, 1.807) is 11.3 Å². The van der Waals surface area contributed by atoms with Crippen LogP contribution in [-0.4, -0.2) is 36.1 Å². The van der Waals surface area contributed by atoms with E-state index >= 15 is 0 Å². The number of nitrogens with zero attached hydrogens (tertiary/aromatic N) is 3. The Hall–Kier alpha value is -1.46. The largest absolute Gasteiger partial charge is 0.347 e. The molecule has 1 aromatic heterocycles. The zero-order valence-corrected chi connectivity index (χ0v) is 13.1. The number of anilines is 1. The van der Waals surface area contributed by atoms with Crippen LogP contribution in [0.5, 0.6) is 0 Å². The van der Waals surface area contributed by atoms with Crippen LogP contribution in [0.15, 0.2) is 29.6 Å². The Morgan fingerprint density at radius 1 is 1.14 bits per heavy atom. The Morgan fingerprint density at radius 2 is 1.95 bits per heavy atom. The van der Waals surface area contributed by atoms with E-state index in [9.17, 15) is 4.39 Å². The fraction of sp³-hybridized carbons (Fsp3) is 0.438. The van der Waals surface area contributed by atoms with Gasteiger partial charge in [0.25, 0.3) is 0 Å². The lowest BCUT2D eigenvalue weighted by Gasteiger charge is -2.21. The van der Waals surface area contributed by atoms with Gasteiger partial charge in [-0.2, -0.15) is 0 Å². The molecule has 0 unspecified atom stereocenters. The molecule has 1 fully saturated rings. The van der Waals surface area contributed by atoms with Crippen LogP contribution in [0, 0.1) is 12.7 Å². The zero-order chi connectivity index (χ0) is 14.7. The molecule has 2 heterocycles. The van der Waals surface area contributed by atoms with Gasteiger partial charge in [-0.3, -0.25) is 4.90 Å². The van der Waals surface area contributed by atoms with Crippen molar-refractivity contribution >= 4 is 16.5 Å². The van der Waals surface area contributed by atoms with Crippen molar-refractivity contribution in [1.82, 2.24) is 9.88 Å². The third-order valence-corrected chi connectivity index (χ3v) is 4.80. The van der Waals surface area contributed by atoms with Gasteiger partial charge in [0.2, 0.25) is 0 Å². The number of aromatic nitrogens is 1. The highest BCUT2D eigenvalue weighted by atomic mass is 32.1. The number of hydrogen-bond donors (Lipinski definition) is 0. The lowest BCUT2D eigenvalue weighted by molar-refractivity contribution is 0.285. The van der Waals surface area contributed by atoms with Crippen LogP contribution in [0.1, 0.15) is 17.7 Å². The molecule has 1 aliphatic rings. The minimum atomic E-state index is -0.167. The maximum atomic E-state index is 12.9. The first-order chi connectivity index (χ1) is 10.2. The van der Waals surface area contributed by atoms with E-state index in [1.807, 2.05) is 19.1 Å². The second kappa shape index (κ2) is 6.54. The molecule has 1 aromatic carbocycles. The summed E-state index contributed by atoms with van der Waals surface area (Å²) in [6.45, 7) is 7.11. The summed E-state index contributed by atoms with van der Waals surface area (Å²) < 4.78 is 12.9. The number of benzene rings is 1. The van der Waals surface area contributed by atoms with E-state index in [0.717, 1.165) is 50.0 Å². The zero-order valence-electron chi connectivity index (χ0n) is 12.3. The van der Waals surface area contributed by atoms with Crippen LogP contribution in [0.4, 0.5) is 9.52 Å². The molecule has 2 aromatic rings. The van der Waals surface area contributed by atoms with Gasteiger partial charge in [-0.1, -0.05) is 12.1 Å². The van der Waals surface area contributed by atoms with Gasteiger partial charge >= 0.3 is 0 Å². The summed E-state index contributed by atoms with van der Waals surface area (Å²) in [5.74, 6) is -0.167. The molecular formula is C16H20FN3S. The van der Waals surface area contributed by atoms with Crippen molar-refractivity contribution in [2.75, 3.05) is 31.1 Å². The van der Waals surface area contributed by atoms with E-state index < -0.39 is 0 Å². The standard InChI is InChI=1S/C16H20FN3S/c1-13-12-21-16(18-13)20-8-2-7-19(9-10-20)11-14-3-5-15(17)6-4-14/h3-6,12H,2,7-11H2,1H3. The molecule has 0 spiro atoms. The van der Waals surface area contributed by atoms with Gasteiger partial charge in [-0.25, -0.2) is 9.37 Å². The molecule has 3 nitrogen and oxygen atoms in total. The molecule has 0 radical (unpaired) electrons. The topological polar surface area (TPSA) is 19.4 Å². The molecule has 3 rings (SSSR count). The van der Waals surface area contributed by atoms with E-state index in [-0.39, 0.29) is 5.82 Å². The first-order valence-electron chi connectivity index (χ1n) is 7.34. The van der Waals surface area contributed by atoms with Crippen molar-refractivity contribution in [2.24, 2.45) is 0 Å². The van der Waals surface area contributed by atoms with Crippen LogP contribution >= 0.6 is 11.3 Å². The first-order valence-corrected chi connectivity index (χ1v) is 8.22. The number of thiazole rings is 1. The predicted octanol–water partition coefficient (Wildman–Crippen LogP) is 3.30. The molecule has 0 atom stereocenters. The molecule has 112 valence electrons. The van der Waals surface area contributed by atoms with Gasteiger partial charge in [0, 0.05) is 38.1 Å². The van der Waals surface area contributed by atoms with Crippen molar-refractivity contribution in [3.8, 4) is 0 Å². The fourth-order valence-corrected chi connectivity index (χ4v) is 3.51. The Balaban J connectivity index is 1.59. The van der Waals surface area contributed by atoms with Gasteiger partial charge in [0.1, 0.15) is 5.82 Å². The number of halogens is 1. The normalized spacial score (nSPS) is 17.0. The van der Waals surface area contributed by atoms with Crippen molar-refractivity contribution < 1.29 is 4.39 Å². The number of rotatable bonds is 3. The Bertz CT molecular complexity index is 581. The smallest absolute Gasteiger partial charge is 0.185 e. The van der Waals surface area contributed by atoms with Crippen LogP contribution < -0.4 is 4.90 Å². The maximum Gasteiger partial charge on any atom is 0.185 e. The molecule has 0 N–H and O–H groups in total. The predicted molar refractivity (Wildman–Crippen MR) is 85.4 cm³/mol. The number of hydrogen-bond acceptors (Lipinski definition) is 4. The molecule has 1 saturated heterocycles. The quantitative estimate of drug-likeness (QED) is 0.867. The van der Waals surface area contributed by atoms with Gasteiger partial charge in [-0.15, -0.1) is 11.3 Å². The summed E-state index contributed by atoms with van der Waals surface area (Å²) in [6.07, 6.45) is 1.14. The Labute approximate surface area is 129 Å². The first kappa shape index (κ1) is 14.5. The lowest BCUT2D eigenvalue weighted by Crippen LogP contribution is -2.30. The second-order valence-corrected chi connectivity index (χ2v) is 6.35. The molecule has 0 amide bonds. The highest BCUT2D eigenvalue weighted by Gasteiger charge is 2.17. The third-order valence-electron chi connectivity index (χ3n) is 3.79. The van der Waals surface area contributed by atoms with Crippen LogP contribution in [-0.2, 0) is 6.54 Å². The van der Waals surface area contributed by atoms with Gasteiger partial charge in [0.15, 0.2) is 5.13 Å². The lowest BCUT2D eigenvalue weighted by atomic mass is 10.2. The third kappa shape index (κ3) is 3.80. The minimum Gasteiger partial charge on any atom is -0.347 e. The number of aryl methyl sites for hydroxylation is 1. The molecule has 0 bridgehead atoms. The summed E-state index contributed by atoms with van der Waals surface area (Å²) in [7, 11) is 0. The molecule has 21 heavy (non-hydrogen) atoms. The summed E-state index contributed by atoms with van der Waals surface area (Å²) in [4.78, 5) is 9.39. The second-order valence-electron chi connectivity index (χ2n) is 5.51. The van der Waals surface area contributed by atoms with E-state index in [2.05, 4.69) is 20.2 Å². The van der Waals surface area contributed by atoms with Gasteiger partial charge < -0.3 is 4.90 Å². The van der Waals surface area contributed by atoms with Crippen molar-refractivity contribution in [3.63, 3.8) is 0 Å². The Kier molecular flexibility index (Phi) is 4.51. The van der Waals surface area contributed by atoms with E-state index in [4.69, 9.17) is 0 Å². The summed E-state index contributed by atoms with van der Waals surface area (Å²) in [5, 5.41) is 3.24. The maximum absolute atomic E-state index is 12.9. The molecule has 0 aliphatic carbocycles. The van der Waals surface area contributed by atoms with Gasteiger partial charge in [0.05, 0.1) is 5.69 Å². The van der Waals surface area contributed by atoms with Crippen LogP contribution in [0.3, 0.4) is 0 Å². The molecule has 1 aliphatic heterocycles. The molecule has 0 saturated carbocycles. The van der Waals surface area contributed by atoms with Crippen molar-refractivity contribution in [3.05, 3.63) is 46.7 Å². The summed E-state index contributed by atoms with van der Waals surface area (Å²) >= 11 is 1.73. The van der Waals surface area contributed by atoms with Crippen molar-refractivity contribution in [2.45, 2.75) is 19.9 Å². The average molecular weight is 305 g/mol. The SMILES string of the molecule is Cc1csc(N2CCCN(Cc3ccc(F)cc3)CC2)n1. The highest BCUT2D eigenvalue weighted by molar-refractivity contribution is 7.13. The minimum absolute atomic E-state index is 0.167. The monoisotopic (exact) mass is 305 g/mol. The van der Waals surface area contributed by atoms with Crippen LogP contribution in [0.2, 0.25) is 0 Å². The van der Waals surface area contributed by atoms with Gasteiger partial charge in [-0.05, 0) is 31.0 Å². The van der Waals surface area contributed by atoms with E-state index in [0.29, 0.717) is 0 Å². The fourth-order valence-electron chi connectivity index (χ4n) is 2.66. The van der Waals surface area contributed by atoms with E-state index in [1.165, 1.54) is 17.7 Å². The van der Waals surface area contributed by atoms with Crippen LogP contribution in [0.25, 0.3) is 0 Å². The van der Waals surface area contributed by atoms with Crippen molar-refractivity contribution in [1.29, 1.82) is 0 Å². The summed E-state index contributed by atoms with van der Waals surface area (Å²) in [5.41, 5.74) is 2.28. The molecule has 5 heteroatoms.